The lowest BCUT2D eigenvalue weighted by Gasteiger charge is -2.32. The summed E-state index contributed by atoms with van der Waals surface area (Å²) in [5.74, 6) is 1.75. The van der Waals surface area contributed by atoms with Crippen molar-refractivity contribution >= 4 is 22.8 Å². The molecule has 1 aliphatic rings. The quantitative estimate of drug-likeness (QED) is 0.905. The maximum Gasteiger partial charge on any atom is 0.263 e. The topological polar surface area (TPSA) is 84.2 Å². The Balaban J connectivity index is 1.60. The molecule has 130 valence electrons. The summed E-state index contributed by atoms with van der Waals surface area (Å²) >= 11 is 0. The predicted molar refractivity (Wildman–Crippen MR) is 91.7 cm³/mol. The number of carbonyl (C=O) groups excluding carboxylic acids is 1. The fraction of sp³-hybridized carbons (Fsp3) is 0.647. The molecule has 0 bridgehead atoms. The summed E-state index contributed by atoms with van der Waals surface area (Å²) in [6, 6.07) is 0. The maximum atomic E-state index is 12.3. The first-order chi connectivity index (χ1) is 11.6. The van der Waals surface area contributed by atoms with Crippen LogP contribution in [0.5, 0.6) is 0 Å². The van der Waals surface area contributed by atoms with Gasteiger partial charge in [0.2, 0.25) is 5.91 Å². The van der Waals surface area contributed by atoms with E-state index in [0.29, 0.717) is 11.6 Å². The van der Waals surface area contributed by atoms with E-state index in [9.17, 15) is 4.79 Å². The van der Waals surface area contributed by atoms with Crippen LogP contribution in [-0.2, 0) is 4.79 Å². The van der Waals surface area contributed by atoms with Crippen molar-refractivity contribution in [3.63, 3.8) is 0 Å². The van der Waals surface area contributed by atoms with Crippen molar-refractivity contribution in [1.82, 2.24) is 20.4 Å². The van der Waals surface area contributed by atoms with Gasteiger partial charge in [-0.2, -0.15) is 4.98 Å². The number of fused-ring (bicyclic) bond motifs is 1. The van der Waals surface area contributed by atoms with Gasteiger partial charge in [-0.1, -0.05) is 19.0 Å². The summed E-state index contributed by atoms with van der Waals surface area (Å²) in [5, 5.41) is 7.91. The molecule has 24 heavy (non-hydrogen) atoms. The van der Waals surface area contributed by atoms with Crippen LogP contribution in [0.4, 0.5) is 5.82 Å². The van der Waals surface area contributed by atoms with Crippen molar-refractivity contribution < 1.29 is 9.32 Å². The standard InChI is InChI=1S/C17H25N5O2/c1-11(2)4-7-18-16(23)13-5-8-22(9-6-13)15-14-12(3)21-24-17(14)20-10-19-15/h10-11,13H,4-9H2,1-3H3,(H,18,23). The van der Waals surface area contributed by atoms with Crippen LogP contribution >= 0.6 is 0 Å². The maximum absolute atomic E-state index is 12.3. The molecule has 0 spiro atoms. The summed E-state index contributed by atoms with van der Waals surface area (Å²) in [7, 11) is 0. The van der Waals surface area contributed by atoms with Gasteiger partial charge in [0.1, 0.15) is 17.5 Å². The molecule has 0 radical (unpaired) electrons. The number of amides is 1. The first-order valence-electron chi connectivity index (χ1n) is 8.66. The Morgan fingerprint density at radius 3 is 2.83 bits per heavy atom. The van der Waals surface area contributed by atoms with Crippen LogP contribution in [-0.4, -0.2) is 40.7 Å². The molecule has 1 aliphatic heterocycles. The Labute approximate surface area is 141 Å². The van der Waals surface area contributed by atoms with E-state index in [2.05, 4.69) is 39.2 Å². The molecule has 0 atom stereocenters. The van der Waals surface area contributed by atoms with E-state index in [-0.39, 0.29) is 11.8 Å². The molecule has 3 rings (SSSR count). The Morgan fingerprint density at radius 1 is 1.38 bits per heavy atom. The highest BCUT2D eigenvalue weighted by molar-refractivity contribution is 5.88. The van der Waals surface area contributed by atoms with E-state index in [1.807, 2.05) is 6.92 Å². The zero-order chi connectivity index (χ0) is 17.1. The van der Waals surface area contributed by atoms with Crippen molar-refractivity contribution in [2.45, 2.75) is 40.0 Å². The summed E-state index contributed by atoms with van der Waals surface area (Å²) in [5.41, 5.74) is 1.32. The minimum absolute atomic E-state index is 0.0920. The lowest BCUT2D eigenvalue weighted by molar-refractivity contribution is -0.125. The van der Waals surface area contributed by atoms with Crippen molar-refractivity contribution in [2.24, 2.45) is 11.8 Å². The number of hydrogen-bond acceptors (Lipinski definition) is 6. The summed E-state index contributed by atoms with van der Waals surface area (Å²) in [4.78, 5) is 23.0. The molecule has 0 unspecified atom stereocenters. The molecular formula is C17H25N5O2. The van der Waals surface area contributed by atoms with Crippen molar-refractivity contribution in [3.8, 4) is 0 Å². The first-order valence-corrected chi connectivity index (χ1v) is 8.66. The molecule has 0 aromatic carbocycles. The molecular weight excluding hydrogens is 306 g/mol. The molecule has 7 heteroatoms. The largest absolute Gasteiger partial charge is 0.356 e. The lowest BCUT2D eigenvalue weighted by atomic mass is 9.95. The number of anilines is 1. The molecule has 2 aromatic heterocycles. The van der Waals surface area contributed by atoms with Gasteiger partial charge < -0.3 is 14.7 Å². The Kier molecular flexibility index (Phi) is 4.97. The molecule has 0 aliphatic carbocycles. The number of nitrogens with zero attached hydrogens (tertiary/aromatic N) is 4. The minimum atomic E-state index is 0.0920. The number of aryl methyl sites for hydroxylation is 1. The van der Waals surface area contributed by atoms with Crippen LogP contribution in [0.3, 0.4) is 0 Å². The normalized spacial score (nSPS) is 16.1. The minimum Gasteiger partial charge on any atom is -0.356 e. The van der Waals surface area contributed by atoms with Crippen LogP contribution < -0.4 is 10.2 Å². The van der Waals surface area contributed by atoms with Gasteiger partial charge in [0.05, 0.1) is 5.69 Å². The SMILES string of the molecule is Cc1noc2ncnc(N3CCC(C(=O)NCCC(C)C)CC3)c12. The molecule has 7 nitrogen and oxygen atoms in total. The van der Waals surface area contributed by atoms with Gasteiger partial charge >= 0.3 is 0 Å². The third-order valence-corrected chi connectivity index (χ3v) is 4.61. The Hall–Kier alpha value is -2.18. The number of rotatable bonds is 5. The second kappa shape index (κ2) is 7.15. The van der Waals surface area contributed by atoms with E-state index >= 15 is 0 Å². The average Bonchev–Trinajstić information content (AvgIpc) is 2.96. The highest BCUT2D eigenvalue weighted by atomic mass is 16.5. The van der Waals surface area contributed by atoms with Crippen LogP contribution in [0.25, 0.3) is 11.1 Å². The smallest absolute Gasteiger partial charge is 0.263 e. The second-order valence-corrected chi connectivity index (χ2v) is 6.88. The molecule has 3 heterocycles. The predicted octanol–water partition coefficient (Wildman–Crippen LogP) is 2.30. The van der Waals surface area contributed by atoms with Crippen LogP contribution in [0.15, 0.2) is 10.9 Å². The molecule has 0 saturated carbocycles. The van der Waals surface area contributed by atoms with Gasteiger partial charge in [-0.15, -0.1) is 0 Å². The molecule has 2 aromatic rings. The Morgan fingerprint density at radius 2 is 2.12 bits per heavy atom. The van der Waals surface area contributed by atoms with Crippen LogP contribution in [0.1, 0.15) is 38.8 Å². The monoisotopic (exact) mass is 331 g/mol. The second-order valence-electron chi connectivity index (χ2n) is 6.88. The number of carbonyl (C=O) groups is 1. The number of piperidine rings is 1. The van der Waals surface area contributed by atoms with E-state index in [1.165, 1.54) is 6.33 Å². The Bertz CT molecular complexity index is 704. The zero-order valence-electron chi connectivity index (χ0n) is 14.6. The van der Waals surface area contributed by atoms with Gasteiger partial charge in [0.15, 0.2) is 0 Å². The molecule has 1 amide bonds. The first kappa shape index (κ1) is 16.7. The molecule has 1 saturated heterocycles. The van der Waals surface area contributed by atoms with E-state index in [0.717, 1.165) is 55.8 Å². The number of hydrogen-bond donors (Lipinski definition) is 1. The summed E-state index contributed by atoms with van der Waals surface area (Å²) in [6.45, 7) is 8.61. The van der Waals surface area contributed by atoms with Crippen molar-refractivity contribution in [3.05, 3.63) is 12.0 Å². The van der Waals surface area contributed by atoms with Gasteiger partial charge in [-0.25, -0.2) is 4.98 Å². The van der Waals surface area contributed by atoms with E-state index < -0.39 is 0 Å². The van der Waals surface area contributed by atoms with Gasteiger partial charge in [-0.05, 0) is 32.1 Å². The zero-order valence-corrected chi connectivity index (χ0v) is 14.6. The van der Waals surface area contributed by atoms with Crippen molar-refractivity contribution in [1.29, 1.82) is 0 Å². The summed E-state index contributed by atoms with van der Waals surface area (Å²) in [6.07, 6.45) is 4.20. The highest BCUT2D eigenvalue weighted by Crippen LogP contribution is 2.29. The van der Waals surface area contributed by atoms with E-state index in [4.69, 9.17) is 4.52 Å². The van der Waals surface area contributed by atoms with E-state index in [1.54, 1.807) is 0 Å². The fourth-order valence-electron chi connectivity index (χ4n) is 3.13. The molecule has 1 fully saturated rings. The van der Waals surface area contributed by atoms with Crippen LogP contribution in [0, 0.1) is 18.8 Å². The third-order valence-electron chi connectivity index (χ3n) is 4.61. The highest BCUT2D eigenvalue weighted by Gasteiger charge is 2.27. The van der Waals surface area contributed by atoms with Crippen molar-refractivity contribution in [2.75, 3.05) is 24.5 Å². The lowest BCUT2D eigenvalue weighted by Crippen LogP contribution is -2.41. The van der Waals surface area contributed by atoms with Gasteiger partial charge in [-0.3, -0.25) is 4.79 Å². The van der Waals surface area contributed by atoms with Gasteiger partial charge in [0.25, 0.3) is 5.71 Å². The number of aromatic nitrogens is 3. The third kappa shape index (κ3) is 3.49. The summed E-state index contributed by atoms with van der Waals surface area (Å²) < 4.78 is 5.21. The molecule has 1 N–H and O–H groups in total. The average molecular weight is 331 g/mol. The fourth-order valence-corrected chi connectivity index (χ4v) is 3.13. The van der Waals surface area contributed by atoms with Gasteiger partial charge in [0, 0.05) is 25.6 Å². The number of nitrogens with one attached hydrogen (secondary N) is 1. The van der Waals surface area contributed by atoms with Crippen LogP contribution in [0.2, 0.25) is 0 Å².